The summed E-state index contributed by atoms with van der Waals surface area (Å²) in [6.45, 7) is 4.01. The molecular weight excluding hydrogens is 233 g/mol. The number of halogens is 3. The fraction of sp³-hybridized carbons (Fsp3) is 0.750. The van der Waals surface area contributed by atoms with Gasteiger partial charge in [-0.1, -0.05) is 19.9 Å². The Kier molecular flexibility index (Phi) is 2.75. The molecule has 0 amide bonds. The first kappa shape index (κ1) is 12.5. The molecule has 0 aliphatic heterocycles. The lowest BCUT2D eigenvalue weighted by Crippen LogP contribution is -2.49. The van der Waals surface area contributed by atoms with Crippen LogP contribution in [0.2, 0.25) is 0 Å². The van der Waals surface area contributed by atoms with Crippen LogP contribution in [0.3, 0.4) is 0 Å². The van der Waals surface area contributed by atoms with Crippen LogP contribution in [-0.4, -0.2) is 18.8 Å². The number of ether oxygens (including phenoxy) is 1. The first-order chi connectivity index (χ1) is 7.73. The van der Waals surface area contributed by atoms with E-state index >= 15 is 0 Å². The standard InChI is InChI=1S/C12H15F3O2/c1-11(2)8-4-3-7(9(11)5-8)6-17-10(16)12(13,14)15/h3,8-9H,4-6H2,1-2H3. The third kappa shape index (κ3) is 2.07. The molecule has 0 N–H and O–H groups in total. The lowest BCUT2D eigenvalue weighted by molar-refractivity contribution is -0.199. The van der Waals surface area contributed by atoms with Gasteiger partial charge in [-0.2, -0.15) is 13.2 Å². The molecule has 2 unspecified atom stereocenters. The van der Waals surface area contributed by atoms with Crippen molar-refractivity contribution in [3.63, 3.8) is 0 Å². The molecule has 17 heavy (non-hydrogen) atoms. The van der Waals surface area contributed by atoms with Gasteiger partial charge in [0.2, 0.25) is 0 Å². The van der Waals surface area contributed by atoms with E-state index in [0.717, 1.165) is 18.4 Å². The number of fused-ring (bicyclic) bond motifs is 1. The Morgan fingerprint density at radius 1 is 1.53 bits per heavy atom. The smallest absolute Gasteiger partial charge is 0.455 e. The van der Waals surface area contributed by atoms with Crippen LogP contribution in [0.25, 0.3) is 0 Å². The summed E-state index contributed by atoms with van der Waals surface area (Å²) in [6, 6.07) is 0. The summed E-state index contributed by atoms with van der Waals surface area (Å²) in [5, 5.41) is 0. The molecule has 0 aromatic rings. The second-order valence-corrected chi connectivity index (χ2v) is 5.40. The summed E-state index contributed by atoms with van der Waals surface area (Å²) in [5.74, 6) is -1.21. The number of rotatable bonds is 2. The normalized spacial score (nSPS) is 30.3. The molecule has 5 heteroatoms. The maximum Gasteiger partial charge on any atom is 0.490 e. The molecule has 3 rings (SSSR count). The second kappa shape index (κ2) is 3.75. The van der Waals surface area contributed by atoms with E-state index in [4.69, 9.17) is 0 Å². The molecule has 3 aliphatic carbocycles. The Bertz CT molecular complexity index is 368. The maximum atomic E-state index is 12.0. The van der Waals surface area contributed by atoms with Crippen LogP contribution in [0, 0.1) is 17.3 Å². The van der Waals surface area contributed by atoms with Gasteiger partial charge in [0, 0.05) is 0 Å². The molecule has 0 heterocycles. The van der Waals surface area contributed by atoms with Crippen molar-refractivity contribution in [3.8, 4) is 0 Å². The third-order valence-electron chi connectivity index (χ3n) is 4.18. The number of carbonyl (C=O) groups excluding carboxylic acids is 1. The van der Waals surface area contributed by atoms with E-state index in [0.29, 0.717) is 5.92 Å². The van der Waals surface area contributed by atoms with Gasteiger partial charge in [0.05, 0.1) is 0 Å². The first-order valence-electron chi connectivity index (χ1n) is 5.66. The van der Waals surface area contributed by atoms with Gasteiger partial charge < -0.3 is 4.74 Å². The highest BCUT2D eigenvalue weighted by atomic mass is 19.4. The van der Waals surface area contributed by atoms with Crippen molar-refractivity contribution in [2.45, 2.75) is 32.9 Å². The lowest BCUT2D eigenvalue weighted by atomic mass is 9.49. The molecule has 96 valence electrons. The highest BCUT2D eigenvalue weighted by Crippen LogP contribution is 2.59. The number of allylic oxidation sites excluding steroid dienone is 1. The van der Waals surface area contributed by atoms with Gasteiger partial charge in [0.15, 0.2) is 0 Å². The summed E-state index contributed by atoms with van der Waals surface area (Å²) >= 11 is 0. The van der Waals surface area contributed by atoms with Crippen LogP contribution < -0.4 is 0 Å². The zero-order valence-corrected chi connectivity index (χ0v) is 9.80. The monoisotopic (exact) mass is 248 g/mol. The van der Waals surface area contributed by atoms with Gasteiger partial charge in [-0.3, -0.25) is 0 Å². The first-order valence-corrected chi connectivity index (χ1v) is 5.66. The summed E-state index contributed by atoms with van der Waals surface area (Å²) in [6.07, 6.45) is -1.09. The number of hydrogen-bond donors (Lipinski definition) is 0. The maximum absolute atomic E-state index is 12.0. The molecule has 2 bridgehead atoms. The Hall–Kier alpha value is -1.00. The molecule has 0 aromatic carbocycles. The fourth-order valence-electron chi connectivity index (χ4n) is 2.87. The van der Waals surface area contributed by atoms with Crippen LogP contribution in [0.4, 0.5) is 13.2 Å². The lowest BCUT2D eigenvalue weighted by Gasteiger charge is -2.56. The summed E-state index contributed by atoms with van der Waals surface area (Å²) in [5.41, 5.74) is 0.976. The Balaban J connectivity index is 1.93. The number of carbonyl (C=O) groups is 1. The molecule has 2 nitrogen and oxygen atoms in total. The van der Waals surface area contributed by atoms with Gasteiger partial charge in [-0.05, 0) is 35.7 Å². The van der Waals surface area contributed by atoms with Crippen molar-refractivity contribution in [1.82, 2.24) is 0 Å². The predicted molar refractivity (Wildman–Crippen MR) is 55.1 cm³/mol. The van der Waals surface area contributed by atoms with E-state index in [2.05, 4.69) is 18.6 Å². The summed E-state index contributed by atoms with van der Waals surface area (Å²) in [7, 11) is 0. The number of hydrogen-bond acceptors (Lipinski definition) is 2. The van der Waals surface area contributed by atoms with Crippen molar-refractivity contribution < 1.29 is 22.7 Å². The van der Waals surface area contributed by atoms with Crippen molar-refractivity contribution in [2.75, 3.05) is 6.61 Å². The van der Waals surface area contributed by atoms with Crippen molar-refractivity contribution in [2.24, 2.45) is 17.3 Å². The van der Waals surface area contributed by atoms with Crippen molar-refractivity contribution in [1.29, 1.82) is 0 Å². The van der Waals surface area contributed by atoms with E-state index in [1.807, 2.05) is 6.08 Å². The average molecular weight is 248 g/mol. The fourth-order valence-corrected chi connectivity index (χ4v) is 2.87. The molecule has 0 radical (unpaired) electrons. The van der Waals surface area contributed by atoms with E-state index in [-0.39, 0.29) is 17.9 Å². The van der Waals surface area contributed by atoms with Gasteiger partial charge in [-0.15, -0.1) is 0 Å². The molecule has 2 atom stereocenters. The van der Waals surface area contributed by atoms with Gasteiger partial charge in [-0.25, -0.2) is 4.79 Å². The molecule has 3 aliphatic rings. The van der Waals surface area contributed by atoms with Crippen LogP contribution in [0.5, 0.6) is 0 Å². The van der Waals surface area contributed by atoms with Gasteiger partial charge >= 0.3 is 12.1 Å². The van der Waals surface area contributed by atoms with Crippen LogP contribution in [-0.2, 0) is 9.53 Å². The Morgan fingerprint density at radius 2 is 2.18 bits per heavy atom. The van der Waals surface area contributed by atoms with Crippen molar-refractivity contribution in [3.05, 3.63) is 11.6 Å². The molecular formula is C12H15F3O2. The zero-order chi connectivity index (χ0) is 12.8. The SMILES string of the molecule is CC1(C)C2CC=C(COC(=O)C(F)(F)F)C1C2. The largest absolute Gasteiger partial charge is 0.490 e. The second-order valence-electron chi connectivity index (χ2n) is 5.40. The molecule has 1 saturated carbocycles. The number of esters is 1. The summed E-state index contributed by atoms with van der Waals surface area (Å²) < 4.78 is 40.2. The van der Waals surface area contributed by atoms with Gasteiger partial charge in [0.1, 0.15) is 6.61 Å². The topological polar surface area (TPSA) is 26.3 Å². The minimum Gasteiger partial charge on any atom is -0.455 e. The van der Waals surface area contributed by atoms with Crippen LogP contribution >= 0.6 is 0 Å². The molecule has 1 fully saturated rings. The van der Waals surface area contributed by atoms with E-state index in [9.17, 15) is 18.0 Å². The molecule has 0 spiro atoms. The minimum absolute atomic E-state index is 0.134. The molecule has 0 aromatic heterocycles. The van der Waals surface area contributed by atoms with Crippen LogP contribution in [0.1, 0.15) is 26.7 Å². The zero-order valence-electron chi connectivity index (χ0n) is 9.80. The highest BCUT2D eigenvalue weighted by Gasteiger charge is 2.51. The van der Waals surface area contributed by atoms with E-state index in [1.165, 1.54) is 0 Å². The summed E-state index contributed by atoms with van der Waals surface area (Å²) in [4.78, 5) is 10.6. The number of alkyl halides is 3. The predicted octanol–water partition coefficient (Wildman–Crippen LogP) is 3.08. The average Bonchev–Trinajstić information content (AvgIpc) is 2.24. The molecule has 0 saturated heterocycles. The Morgan fingerprint density at radius 3 is 2.65 bits per heavy atom. The highest BCUT2D eigenvalue weighted by molar-refractivity contribution is 5.75. The van der Waals surface area contributed by atoms with E-state index in [1.54, 1.807) is 0 Å². The van der Waals surface area contributed by atoms with E-state index < -0.39 is 12.1 Å². The minimum atomic E-state index is -4.90. The Labute approximate surface area is 97.8 Å². The van der Waals surface area contributed by atoms with Crippen LogP contribution in [0.15, 0.2) is 11.6 Å². The van der Waals surface area contributed by atoms with Gasteiger partial charge in [0.25, 0.3) is 0 Å². The quantitative estimate of drug-likeness (QED) is 0.554. The van der Waals surface area contributed by atoms with Crippen molar-refractivity contribution >= 4 is 5.97 Å². The third-order valence-corrected chi connectivity index (χ3v) is 4.18.